The van der Waals surface area contributed by atoms with Gasteiger partial charge in [0.15, 0.2) is 0 Å². The number of aryl methyl sites for hydroxylation is 1. The second-order valence-corrected chi connectivity index (χ2v) is 6.32. The molecule has 0 aromatic carbocycles. The largest absolute Gasteiger partial charge is 0.311 e. The van der Waals surface area contributed by atoms with E-state index in [-0.39, 0.29) is 0 Å². The van der Waals surface area contributed by atoms with E-state index in [1.54, 1.807) is 0 Å². The molecule has 2 atom stereocenters. The van der Waals surface area contributed by atoms with Gasteiger partial charge in [0.2, 0.25) is 0 Å². The molecule has 0 saturated carbocycles. The number of nitrogens with zero attached hydrogens (tertiary/aromatic N) is 2. The van der Waals surface area contributed by atoms with Crippen molar-refractivity contribution in [2.45, 2.75) is 24.8 Å². The summed E-state index contributed by atoms with van der Waals surface area (Å²) in [4.78, 5) is 0. The molecule has 1 saturated heterocycles. The normalized spacial score (nSPS) is 23.2. The van der Waals surface area contributed by atoms with Crippen LogP contribution in [0, 0.1) is 0 Å². The predicted molar refractivity (Wildman–Crippen MR) is 73.3 cm³/mol. The summed E-state index contributed by atoms with van der Waals surface area (Å²) in [5.74, 6) is 3.81. The second kappa shape index (κ2) is 5.98. The Hall–Kier alpha value is -0.130. The van der Waals surface area contributed by atoms with Crippen LogP contribution in [-0.4, -0.2) is 39.3 Å². The molecular weight excluding hydrogens is 238 g/mol. The molecule has 1 fully saturated rings. The van der Waals surface area contributed by atoms with Gasteiger partial charge in [-0.15, -0.1) is 0 Å². The number of nitrogens with one attached hydrogen (secondary N) is 1. The van der Waals surface area contributed by atoms with E-state index in [0.717, 1.165) is 6.54 Å². The van der Waals surface area contributed by atoms with Crippen molar-refractivity contribution in [1.29, 1.82) is 0 Å². The zero-order valence-corrected chi connectivity index (χ0v) is 11.5. The highest BCUT2D eigenvalue weighted by molar-refractivity contribution is 8.06. The van der Waals surface area contributed by atoms with Gasteiger partial charge in [0, 0.05) is 35.3 Å². The van der Waals surface area contributed by atoms with Crippen LogP contribution in [0.4, 0.5) is 0 Å². The number of thioether (sulfide) groups is 2. The molecule has 0 amide bonds. The van der Waals surface area contributed by atoms with E-state index in [4.69, 9.17) is 0 Å². The lowest BCUT2D eigenvalue weighted by Crippen LogP contribution is -2.33. The van der Waals surface area contributed by atoms with Crippen molar-refractivity contribution >= 4 is 23.5 Å². The smallest absolute Gasteiger partial charge is 0.0618 e. The number of rotatable bonds is 4. The van der Waals surface area contributed by atoms with E-state index in [2.05, 4.69) is 58.7 Å². The maximum Gasteiger partial charge on any atom is 0.0618 e. The minimum Gasteiger partial charge on any atom is -0.311 e. The highest BCUT2D eigenvalue weighted by Gasteiger charge is 2.26. The summed E-state index contributed by atoms with van der Waals surface area (Å²) in [6.45, 7) is 3.09. The van der Waals surface area contributed by atoms with E-state index < -0.39 is 0 Å². The molecule has 2 heterocycles. The molecule has 2 unspecified atom stereocenters. The Labute approximate surface area is 106 Å². The van der Waals surface area contributed by atoms with Gasteiger partial charge >= 0.3 is 0 Å². The number of hydrogen-bond acceptors (Lipinski definition) is 4. The van der Waals surface area contributed by atoms with Gasteiger partial charge in [-0.1, -0.05) is 0 Å². The molecule has 16 heavy (non-hydrogen) atoms. The summed E-state index contributed by atoms with van der Waals surface area (Å²) >= 11 is 4.16. The van der Waals surface area contributed by atoms with Crippen LogP contribution < -0.4 is 5.32 Å². The lowest BCUT2D eigenvalue weighted by molar-refractivity contribution is 0.514. The van der Waals surface area contributed by atoms with Gasteiger partial charge in [0.25, 0.3) is 0 Å². The van der Waals surface area contributed by atoms with Crippen LogP contribution in [-0.2, 0) is 6.54 Å². The zero-order valence-electron chi connectivity index (χ0n) is 9.85. The van der Waals surface area contributed by atoms with Crippen LogP contribution in [0.3, 0.4) is 0 Å². The minimum absolute atomic E-state index is 0.431. The van der Waals surface area contributed by atoms with Crippen molar-refractivity contribution in [3.8, 4) is 0 Å². The summed E-state index contributed by atoms with van der Waals surface area (Å²) in [6.07, 6.45) is 1.91. The fraction of sp³-hybridized carbons (Fsp3) is 0.727. The fourth-order valence-corrected chi connectivity index (χ4v) is 4.99. The predicted octanol–water partition coefficient (Wildman–Crippen LogP) is 2.01. The summed E-state index contributed by atoms with van der Waals surface area (Å²) in [5.41, 5.74) is 1.32. The molecule has 2 rings (SSSR count). The molecule has 1 aromatic heterocycles. The van der Waals surface area contributed by atoms with Gasteiger partial charge in [0.1, 0.15) is 0 Å². The van der Waals surface area contributed by atoms with Crippen LogP contribution >= 0.6 is 23.5 Å². The standard InChI is InChI=1S/C11H19N3S2/c1-3-14-9(4-5-13-14)11(12-2)10-8-15-6-7-16-10/h4-5,10-12H,3,6-8H2,1-2H3. The molecule has 0 aliphatic carbocycles. The Morgan fingerprint density at radius 1 is 1.62 bits per heavy atom. The highest BCUT2D eigenvalue weighted by atomic mass is 32.2. The molecule has 1 N–H and O–H groups in total. The Morgan fingerprint density at radius 3 is 3.12 bits per heavy atom. The SMILES string of the molecule is CCn1nccc1C(NC)C1CSCCS1. The summed E-state index contributed by atoms with van der Waals surface area (Å²) < 4.78 is 2.10. The van der Waals surface area contributed by atoms with Crippen LogP contribution in [0.1, 0.15) is 18.7 Å². The van der Waals surface area contributed by atoms with Gasteiger partial charge in [-0.05, 0) is 20.0 Å². The van der Waals surface area contributed by atoms with Crippen molar-refractivity contribution in [2.24, 2.45) is 0 Å². The van der Waals surface area contributed by atoms with Gasteiger partial charge < -0.3 is 5.32 Å². The second-order valence-electron chi connectivity index (χ2n) is 3.82. The average Bonchev–Trinajstić information content (AvgIpc) is 2.80. The van der Waals surface area contributed by atoms with Crippen molar-refractivity contribution in [2.75, 3.05) is 24.3 Å². The first-order chi connectivity index (χ1) is 7.86. The maximum absolute atomic E-state index is 4.36. The van der Waals surface area contributed by atoms with Crippen molar-refractivity contribution in [3.63, 3.8) is 0 Å². The Balaban J connectivity index is 2.14. The Kier molecular flexibility index (Phi) is 4.61. The molecule has 0 radical (unpaired) electrons. The van der Waals surface area contributed by atoms with E-state index in [1.807, 2.05) is 6.20 Å². The molecular formula is C11H19N3S2. The molecule has 5 heteroatoms. The molecule has 0 spiro atoms. The Bertz CT molecular complexity index is 321. The first-order valence-electron chi connectivity index (χ1n) is 5.75. The first-order valence-corrected chi connectivity index (χ1v) is 7.95. The van der Waals surface area contributed by atoms with E-state index in [0.29, 0.717) is 11.3 Å². The van der Waals surface area contributed by atoms with Crippen LogP contribution in [0.2, 0.25) is 0 Å². The van der Waals surface area contributed by atoms with Crippen molar-refractivity contribution in [3.05, 3.63) is 18.0 Å². The average molecular weight is 257 g/mol. The fourth-order valence-electron chi connectivity index (χ4n) is 2.09. The zero-order chi connectivity index (χ0) is 11.4. The third-order valence-corrected chi connectivity index (χ3v) is 5.76. The summed E-state index contributed by atoms with van der Waals surface area (Å²) in [6, 6.07) is 2.57. The van der Waals surface area contributed by atoms with Gasteiger partial charge in [-0.25, -0.2) is 0 Å². The quantitative estimate of drug-likeness (QED) is 0.894. The van der Waals surface area contributed by atoms with E-state index >= 15 is 0 Å². The lowest BCUT2D eigenvalue weighted by atomic mass is 10.1. The molecule has 90 valence electrons. The van der Waals surface area contributed by atoms with Crippen molar-refractivity contribution in [1.82, 2.24) is 15.1 Å². The maximum atomic E-state index is 4.36. The number of hydrogen-bond donors (Lipinski definition) is 1. The van der Waals surface area contributed by atoms with Crippen molar-refractivity contribution < 1.29 is 0 Å². The van der Waals surface area contributed by atoms with Gasteiger partial charge in [-0.2, -0.15) is 28.6 Å². The van der Waals surface area contributed by atoms with Gasteiger partial charge in [-0.3, -0.25) is 4.68 Å². The first kappa shape index (κ1) is 12.3. The molecule has 0 bridgehead atoms. The third kappa shape index (κ3) is 2.57. The third-order valence-electron chi connectivity index (χ3n) is 2.89. The monoisotopic (exact) mass is 257 g/mol. The van der Waals surface area contributed by atoms with Crippen LogP contribution in [0.25, 0.3) is 0 Å². The van der Waals surface area contributed by atoms with Crippen LogP contribution in [0.15, 0.2) is 12.3 Å². The molecule has 3 nitrogen and oxygen atoms in total. The highest BCUT2D eigenvalue weighted by Crippen LogP contribution is 2.33. The van der Waals surface area contributed by atoms with Gasteiger partial charge in [0.05, 0.1) is 11.7 Å². The molecule has 1 aliphatic heterocycles. The van der Waals surface area contributed by atoms with Crippen LogP contribution in [0.5, 0.6) is 0 Å². The topological polar surface area (TPSA) is 29.9 Å². The minimum atomic E-state index is 0.431. The Morgan fingerprint density at radius 2 is 2.50 bits per heavy atom. The summed E-state index contributed by atoms with van der Waals surface area (Å²) in [7, 11) is 2.05. The lowest BCUT2D eigenvalue weighted by Gasteiger charge is -2.29. The van der Waals surface area contributed by atoms with E-state index in [1.165, 1.54) is 23.0 Å². The van der Waals surface area contributed by atoms with E-state index in [9.17, 15) is 0 Å². The molecule has 1 aliphatic rings. The summed E-state index contributed by atoms with van der Waals surface area (Å²) in [5, 5.41) is 8.48. The number of aromatic nitrogens is 2. The molecule has 1 aromatic rings.